The van der Waals surface area contributed by atoms with Crippen LogP contribution in [-0.2, 0) is 6.18 Å². The molecule has 21 heavy (non-hydrogen) atoms. The summed E-state index contributed by atoms with van der Waals surface area (Å²) >= 11 is 0.725. The lowest BCUT2D eigenvalue weighted by atomic mass is 10.3. The monoisotopic (exact) mass is 317 g/mol. The Labute approximate surface area is 119 Å². The van der Waals surface area contributed by atoms with Crippen LogP contribution in [-0.4, -0.2) is 19.9 Å². The smallest absolute Gasteiger partial charge is 0.378 e. The molecule has 0 aliphatic rings. The van der Waals surface area contributed by atoms with E-state index in [4.69, 9.17) is 5.73 Å². The van der Waals surface area contributed by atoms with Crippen molar-refractivity contribution in [1.29, 1.82) is 0 Å². The number of hydrogen-bond donors (Lipinski definition) is 1. The summed E-state index contributed by atoms with van der Waals surface area (Å²) < 4.78 is 37.2. The maximum atomic E-state index is 12.4. The van der Waals surface area contributed by atoms with Crippen molar-refractivity contribution in [3.8, 4) is 0 Å². The summed E-state index contributed by atoms with van der Waals surface area (Å²) in [4.78, 5) is 20.9. The van der Waals surface area contributed by atoms with Gasteiger partial charge in [-0.25, -0.2) is 15.0 Å². The maximum absolute atomic E-state index is 12.4. The number of halogens is 3. The summed E-state index contributed by atoms with van der Waals surface area (Å²) in [6.45, 7) is 0. The number of anilines is 1. The van der Waals surface area contributed by atoms with E-state index in [0.29, 0.717) is 6.20 Å². The van der Waals surface area contributed by atoms with Crippen LogP contribution >= 0.6 is 11.8 Å². The van der Waals surface area contributed by atoms with Crippen molar-refractivity contribution in [2.45, 2.75) is 16.2 Å². The van der Waals surface area contributed by atoms with Crippen molar-refractivity contribution in [1.82, 2.24) is 15.0 Å². The number of aromatic nitrogens is 3. The maximum Gasteiger partial charge on any atom is 0.417 e. The standard InChI is InChI=1S/C10H6F3N5O2S/c11-10(12,13)5-1-2-6(15-3-5)21-9-7(18(19)20)8(14)16-4-17-9/h1-4H,(H2,14,16,17). The first-order chi connectivity index (χ1) is 9.79. The van der Waals surface area contributed by atoms with E-state index < -0.39 is 22.4 Å². The molecular formula is C10H6F3N5O2S. The van der Waals surface area contributed by atoms with E-state index in [0.717, 1.165) is 30.2 Å². The van der Waals surface area contributed by atoms with E-state index in [1.807, 2.05) is 0 Å². The fourth-order valence-electron chi connectivity index (χ4n) is 1.33. The molecule has 0 aliphatic carbocycles. The van der Waals surface area contributed by atoms with E-state index in [1.165, 1.54) is 0 Å². The van der Waals surface area contributed by atoms with Gasteiger partial charge in [-0.2, -0.15) is 13.2 Å². The fourth-order valence-corrected chi connectivity index (χ4v) is 2.14. The molecule has 7 nitrogen and oxygen atoms in total. The van der Waals surface area contributed by atoms with Crippen LogP contribution in [0.4, 0.5) is 24.7 Å². The summed E-state index contributed by atoms with van der Waals surface area (Å²) in [5.41, 5.74) is 3.96. The minimum Gasteiger partial charge on any atom is -0.378 e. The number of alkyl halides is 3. The third-order valence-corrected chi connectivity index (χ3v) is 3.21. The van der Waals surface area contributed by atoms with Crippen LogP contribution in [0.5, 0.6) is 0 Å². The van der Waals surface area contributed by atoms with Crippen molar-refractivity contribution in [2.24, 2.45) is 0 Å². The number of nitrogens with two attached hydrogens (primary N) is 1. The number of hydrogen-bond acceptors (Lipinski definition) is 7. The Hall–Kier alpha value is -2.43. The van der Waals surface area contributed by atoms with Crippen LogP contribution in [0.25, 0.3) is 0 Å². The molecule has 0 unspecified atom stereocenters. The van der Waals surface area contributed by atoms with Crippen molar-refractivity contribution < 1.29 is 18.1 Å². The third-order valence-electron chi connectivity index (χ3n) is 2.26. The molecule has 2 rings (SSSR count). The first-order valence-electron chi connectivity index (χ1n) is 5.25. The van der Waals surface area contributed by atoms with Gasteiger partial charge in [0.15, 0.2) is 5.03 Å². The molecule has 2 N–H and O–H groups in total. The van der Waals surface area contributed by atoms with Gasteiger partial charge >= 0.3 is 11.9 Å². The van der Waals surface area contributed by atoms with Gasteiger partial charge in [-0.1, -0.05) is 0 Å². The van der Waals surface area contributed by atoms with Crippen molar-refractivity contribution >= 4 is 23.3 Å². The third kappa shape index (κ3) is 3.37. The van der Waals surface area contributed by atoms with Gasteiger partial charge in [0.2, 0.25) is 5.82 Å². The lowest BCUT2D eigenvalue weighted by Gasteiger charge is -2.06. The van der Waals surface area contributed by atoms with Gasteiger partial charge in [-0.3, -0.25) is 10.1 Å². The van der Waals surface area contributed by atoms with Crippen LogP contribution in [0.1, 0.15) is 5.56 Å². The molecule has 0 bridgehead atoms. The number of pyridine rings is 1. The minimum atomic E-state index is -4.50. The molecule has 0 spiro atoms. The molecule has 0 saturated carbocycles. The van der Waals surface area contributed by atoms with Crippen molar-refractivity contribution in [2.75, 3.05) is 5.73 Å². The van der Waals surface area contributed by atoms with Crippen LogP contribution in [0.2, 0.25) is 0 Å². The second kappa shape index (κ2) is 5.52. The van der Waals surface area contributed by atoms with Crippen LogP contribution in [0.15, 0.2) is 34.7 Å². The highest BCUT2D eigenvalue weighted by atomic mass is 32.2. The Morgan fingerprint density at radius 2 is 1.95 bits per heavy atom. The van der Waals surface area contributed by atoms with E-state index >= 15 is 0 Å². The molecule has 0 amide bonds. The second-order valence-electron chi connectivity index (χ2n) is 3.65. The summed E-state index contributed by atoms with van der Waals surface area (Å²) in [6.07, 6.45) is -2.84. The molecule has 2 heterocycles. The lowest BCUT2D eigenvalue weighted by Crippen LogP contribution is -2.05. The summed E-state index contributed by atoms with van der Waals surface area (Å²) in [7, 11) is 0. The normalized spacial score (nSPS) is 11.4. The average Bonchev–Trinajstić information content (AvgIpc) is 2.38. The van der Waals surface area contributed by atoms with E-state index in [9.17, 15) is 23.3 Å². The first kappa shape index (κ1) is 15.0. The lowest BCUT2D eigenvalue weighted by molar-refractivity contribution is -0.387. The number of nitro groups is 1. The number of nitrogens with zero attached hydrogens (tertiary/aromatic N) is 4. The Morgan fingerprint density at radius 1 is 1.24 bits per heavy atom. The quantitative estimate of drug-likeness (QED) is 0.526. The molecule has 0 atom stereocenters. The van der Waals surface area contributed by atoms with Crippen LogP contribution in [0.3, 0.4) is 0 Å². The highest BCUT2D eigenvalue weighted by molar-refractivity contribution is 7.99. The molecule has 11 heteroatoms. The summed E-state index contributed by atoms with van der Waals surface area (Å²) in [6, 6.07) is 1.92. The Balaban J connectivity index is 2.31. The Bertz CT molecular complexity index is 677. The molecule has 2 aromatic rings. The van der Waals surface area contributed by atoms with Crippen LogP contribution < -0.4 is 5.73 Å². The molecule has 110 valence electrons. The van der Waals surface area contributed by atoms with Gasteiger partial charge in [-0.15, -0.1) is 0 Å². The predicted octanol–water partition coefficient (Wildman–Crippen LogP) is 2.53. The molecule has 2 aromatic heterocycles. The average molecular weight is 317 g/mol. The van der Waals surface area contributed by atoms with Gasteiger partial charge < -0.3 is 5.73 Å². The molecule has 0 aliphatic heterocycles. The van der Waals surface area contributed by atoms with Gasteiger partial charge in [0.05, 0.1) is 10.5 Å². The highest BCUT2D eigenvalue weighted by Crippen LogP contribution is 2.35. The first-order valence-corrected chi connectivity index (χ1v) is 6.06. The highest BCUT2D eigenvalue weighted by Gasteiger charge is 2.31. The predicted molar refractivity (Wildman–Crippen MR) is 66.5 cm³/mol. The largest absolute Gasteiger partial charge is 0.417 e. The molecule has 0 fully saturated rings. The molecule has 0 radical (unpaired) electrons. The number of rotatable bonds is 3. The van der Waals surface area contributed by atoms with Gasteiger partial charge in [0.25, 0.3) is 0 Å². The zero-order valence-electron chi connectivity index (χ0n) is 10.0. The molecule has 0 aromatic carbocycles. The number of nitrogen functional groups attached to an aromatic ring is 1. The second-order valence-corrected chi connectivity index (χ2v) is 4.66. The zero-order valence-corrected chi connectivity index (χ0v) is 10.9. The van der Waals surface area contributed by atoms with Gasteiger partial charge in [0.1, 0.15) is 11.4 Å². The SMILES string of the molecule is Nc1ncnc(Sc2ccc(C(F)(F)F)cn2)c1[N+](=O)[O-]. The van der Waals surface area contributed by atoms with E-state index in [-0.39, 0.29) is 15.9 Å². The molecular weight excluding hydrogens is 311 g/mol. The van der Waals surface area contributed by atoms with Gasteiger partial charge in [-0.05, 0) is 23.9 Å². The van der Waals surface area contributed by atoms with Crippen LogP contribution in [0, 0.1) is 10.1 Å². The van der Waals surface area contributed by atoms with Crippen molar-refractivity contribution in [3.63, 3.8) is 0 Å². The van der Waals surface area contributed by atoms with E-state index in [2.05, 4.69) is 15.0 Å². The molecule has 0 saturated heterocycles. The topological polar surface area (TPSA) is 108 Å². The fraction of sp³-hybridized carbons (Fsp3) is 0.100. The van der Waals surface area contributed by atoms with E-state index in [1.54, 1.807) is 0 Å². The van der Waals surface area contributed by atoms with Crippen molar-refractivity contribution in [3.05, 3.63) is 40.3 Å². The summed E-state index contributed by atoms with van der Waals surface area (Å²) in [5, 5.41) is 10.9. The Morgan fingerprint density at radius 3 is 2.48 bits per heavy atom. The zero-order chi connectivity index (χ0) is 15.6. The summed E-state index contributed by atoms with van der Waals surface area (Å²) in [5.74, 6) is -0.329. The Kier molecular flexibility index (Phi) is 3.93. The minimum absolute atomic E-state index is 0.0974. The van der Waals surface area contributed by atoms with Gasteiger partial charge in [0, 0.05) is 6.20 Å².